The number of carbonyl (C=O) groups excluding carboxylic acids is 1. The van der Waals surface area contributed by atoms with Gasteiger partial charge in [-0.25, -0.2) is 4.39 Å². The van der Waals surface area contributed by atoms with E-state index in [2.05, 4.69) is 33.8 Å². The van der Waals surface area contributed by atoms with E-state index in [1.54, 1.807) is 19.2 Å². The summed E-state index contributed by atoms with van der Waals surface area (Å²) in [6.07, 6.45) is 1.77. The van der Waals surface area contributed by atoms with E-state index in [1.807, 2.05) is 12.1 Å². The van der Waals surface area contributed by atoms with Crippen molar-refractivity contribution in [1.29, 1.82) is 0 Å². The molecule has 4 nitrogen and oxygen atoms in total. The molecule has 1 aliphatic heterocycles. The van der Waals surface area contributed by atoms with Gasteiger partial charge in [0.15, 0.2) is 0 Å². The van der Waals surface area contributed by atoms with Crippen LogP contribution in [0.5, 0.6) is 0 Å². The number of nitrogens with one attached hydrogen (secondary N) is 1. The SMILES string of the molecule is CNC(=O)Cn1c(C)c(CN2CCC(c3c(F)cccc3Cl)CC2)c2ccccc21. The van der Waals surface area contributed by atoms with Crippen LogP contribution in [0.2, 0.25) is 5.02 Å². The lowest BCUT2D eigenvalue weighted by Gasteiger charge is -2.32. The van der Waals surface area contributed by atoms with Gasteiger partial charge in [-0.3, -0.25) is 9.69 Å². The summed E-state index contributed by atoms with van der Waals surface area (Å²) in [5.41, 5.74) is 4.13. The molecule has 0 unspecified atom stereocenters. The van der Waals surface area contributed by atoms with Gasteiger partial charge < -0.3 is 9.88 Å². The fourth-order valence-corrected chi connectivity index (χ4v) is 4.95. The molecule has 0 spiro atoms. The molecule has 2 heterocycles. The van der Waals surface area contributed by atoms with Crippen LogP contribution in [0.25, 0.3) is 10.9 Å². The van der Waals surface area contributed by atoms with Crippen LogP contribution in [0.4, 0.5) is 4.39 Å². The summed E-state index contributed by atoms with van der Waals surface area (Å²) in [6.45, 7) is 5.01. The van der Waals surface area contributed by atoms with Crippen LogP contribution in [-0.4, -0.2) is 35.5 Å². The molecule has 1 saturated heterocycles. The molecule has 1 aromatic heterocycles. The van der Waals surface area contributed by atoms with Crippen LogP contribution in [0.1, 0.15) is 35.6 Å². The van der Waals surface area contributed by atoms with Gasteiger partial charge in [0.25, 0.3) is 0 Å². The van der Waals surface area contributed by atoms with Crippen LogP contribution >= 0.6 is 11.6 Å². The number of hydrogen-bond donors (Lipinski definition) is 1. The number of hydrogen-bond acceptors (Lipinski definition) is 2. The van der Waals surface area contributed by atoms with Crippen molar-refractivity contribution in [3.8, 4) is 0 Å². The van der Waals surface area contributed by atoms with Gasteiger partial charge in [-0.05, 0) is 62.5 Å². The first-order chi connectivity index (χ1) is 14.5. The van der Waals surface area contributed by atoms with Gasteiger partial charge >= 0.3 is 0 Å². The first-order valence-corrected chi connectivity index (χ1v) is 10.8. The lowest BCUT2D eigenvalue weighted by atomic mass is 9.89. The Hall–Kier alpha value is -2.37. The number of rotatable bonds is 5. The Bertz CT molecular complexity index is 1050. The average Bonchev–Trinajstić information content (AvgIpc) is 3.00. The van der Waals surface area contributed by atoms with E-state index in [-0.39, 0.29) is 17.6 Å². The number of halogens is 2. The Morgan fingerprint density at radius 3 is 2.60 bits per heavy atom. The maximum atomic E-state index is 14.3. The summed E-state index contributed by atoms with van der Waals surface area (Å²) in [7, 11) is 1.66. The Kier molecular flexibility index (Phi) is 6.11. The number of benzene rings is 2. The number of likely N-dealkylation sites (tertiary alicyclic amines) is 1. The van der Waals surface area contributed by atoms with Crippen LogP contribution in [0.15, 0.2) is 42.5 Å². The van der Waals surface area contributed by atoms with E-state index < -0.39 is 0 Å². The molecule has 30 heavy (non-hydrogen) atoms. The normalized spacial score (nSPS) is 15.6. The number of para-hydroxylation sites is 1. The molecule has 0 atom stereocenters. The van der Waals surface area contributed by atoms with E-state index in [4.69, 9.17) is 11.6 Å². The monoisotopic (exact) mass is 427 g/mol. The Balaban J connectivity index is 1.53. The highest BCUT2D eigenvalue weighted by molar-refractivity contribution is 6.31. The molecule has 6 heteroatoms. The minimum absolute atomic E-state index is 0.00650. The second-order valence-electron chi connectivity index (χ2n) is 8.03. The number of amides is 1. The highest BCUT2D eigenvalue weighted by Crippen LogP contribution is 2.36. The van der Waals surface area contributed by atoms with Gasteiger partial charge in [-0.2, -0.15) is 0 Å². The second-order valence-corrected chi connectivity index (χ2v) is 8.43. The molecule has 158 valence electrons. The van der Waals surface area contributed by atoms with Gasteiger partial charge in [0.1, 0.15) is 12.4 Å². The zero-order valence-corrected chi connectivity index (χ0v) is 18.2. The lowest BCUT2D eigenvalue weighted by molar-refractivity contribution is -0.121. The van der Waals surface area contributed by atoms with Gasteiger partial charge in [-0.1, -0.05) is 35.9 Å². The smallest absolute Gasteiger partial charge is 0.239 e. The van der Waals surface area contributed by atoms with Crippen molar-refractivity contribution in [2.75, 3.05) is 20.1 Å². The summed E-state index contributed by atoms with van der Waals surface area (Å²) in [6, 6.07) is 13.2. The number of aromatic nitrogens is 1. The van der Waals surface area contributed by atoms with E-state index in [0.717, 1.165) is 43.7 Å². The van der Waals surface area contributed by atoms with Crippen molar-refractivity contribution in [3.63, 3.8) is 0 Å². The zero-order chi connectivity index (χ0) is 21.3. The van der Waals surface area contributed by atoms with Gasteiger partial charge in [0, 0.05) is 40.8 Å². The van der Waals surface area contributed by atoms with E-state index in [1.165, 1.54) is 17.0 Å². The zero-order valence-electron chi connectivity index (χ0n) is 17.4. The molecule has 1 aliphatic rings. The molecule has 1 amide bonds. The largest absolute Gasteiger partial charge is 0.358 e. The minimum atomic E-state index is -0.200. The number of carbonyl (C=O) groups is 1. The topological polar surface area (TPSA) is 37.3 Å². The summed E-state index contributed by atoms with van der Waals surface area (Å²) >= 11 is 6.28. The number of likely N-dealkylation sites (N-methyl/N-ethyl adjacent to an activating group) is 1. The third kappa shape index (κ3) is 3.96. The Labute approximate surface area is 181 Å². The van der Waals surface area contributed by atoms with Crippen molar-refractivity contribution in [2.24, 2.45) is 0 Å². The number of nitrogens with zero attached hydrogens (tertiary/aromatic N) is 2. The van der Waals surface area contributed by atoms with Crippen molar-refractivity contribution in [1.82, 2.24) is 14.8 Å². The molecule has 4 rings (SSSR count). The molecular weight excluding hydrogens is 401 g/mol. The fourth-order valence-electron chi connectivity index (χ4n) is 4.63. The van der Waals surface area contributed by atoms with Crippen LogP contribution in [0.3, 0.4) is 0 Å². The molecule has 0 saturated carbocycles. The van der Waals surface area contributed by atoms with Crippen molar-refractivity contribution in [2.45, 2.75) is 38.8 Å². The quantitative estimate of drug-likeness (QED) is 0.630. The van der Waals surface area contributed by atoms with E-state index >= 15 is 0 Å². The summed E-state index contributed by atoms with van der Waals surface area (Å²) in [4.78, 5) is 14.4. The highest BCUT2D eigenvalue weighted by Gasteiger charge is 2.26. The van der Waals surface area contributed by atoms with E-state index in [9.17, 15) is 9.18 Å². The average molecular weight is 428 g/mol. The molecule has 0 bridgehead atoms. The summed E-state index contributed by atoms with van der Waals surface area (Å²) in [5, 5.41) is 4.44. The number of fused-ring (bicyclic) bond motifs is 1. The predicted octanol–water partition coefficient (Wildman–Crippen LogP) is 4.87. The van der Waals surface area contributed by atoms with Gasteiger partial charge in [0.2, 0.25) is 5.91 Å². The summed E-state index contributed by atoms with van der Waals surface area (Å²) < 4.78 is 16.4. The maximum Gasteiger partial charge on any atom is 0.239 e. The minimum Gasteiger partial charge on any atom is -0.358 e. The first-order valence-electron chi connectivity index (χ1n) is 10.4. The molecule has 1 fully saturated rings. The second kappa shape index (κ2) is 8.78. The lowest BCUT2D eigenvalue weighted by Crippen LogP contribution is -2.33. The predicted molar refractivity (Wildman–Crippen MR) is 119 cm³/mol. The molecule has 1 N–H and O–H groups in total. The maximum absolute atomic E-state index is 14.3. The summed E-state index contributed by atoms with van der Waals surface area (Å²) in [5.74, 6) is -0.0484. The van der Waals surface area contributed by atoms with Gasteiger partial charge in [-0.15, -0.1) is 0 Å². The fraction of sp³-hybridized carbons (Fsp3) is 0.375. The third-order valence-corrected chi connectivity index (χ3v) is 6.65. The Morgan fingerprint density at radius 1 is 1.17 bits per heavy atom. The molecule has 2 aromatic carbocycles. The Morgan fingerprint density at radius 2 is 1.90 bits per heavy atom. The van der Waals surface area contributed by atoms with Crippen LogP contribution in [-0.2, 0) is 17.9 Å². The van der Waals surface area contributed by atoms with E-state index in [0.29, 0.717) is 17.1 Å². The standard InChI is InChI=1S/C24H27ClFN3O/c1-16-19(18-6-3-4-9-22(18)29(16)15-23(30)27-2)14-28-12-10-17(11-13-28)24-20(25)7-5-8-21(24)26/h3-9,17H,10-15H2,1-2H3,(H,27,30). The molecule has 0 radical (unpaired) electrons. The van der Waals surface area contributed by atoms with Gasteiger partial charge in [0.05, 0.1) is 0 Å². The highest BCUT2D eigenvalue weighted by atomic mass is 35.5. The van der Waals surface area contributed by atoms with Crippen LogP contribution < -0.4 is 5.32 Å². The van der Waals surface area contributed by atoms with Crippen molar-refractivity contribution < 1.29 is 9.18 Å². The van der Waals surface area contributed by atoms with Crippen LogP contribution in [0, 0.1) is 12.7 Å². The molecular formula is C24H27ClFN3O. The van der Waals surface area contributed by atoms with Crippen molar-refractivity contribution >= 4 is 28.4 Å². The molecule has 3 aromatic rings. The third-order valence-electron chi connectivity index (χ3n) is 6.32. The molecule has 0 aliphatic carbocycles. The first kappa shape index (κ1) is 20.9. The number of piperidine rings is 1. The van der Waals surface area contributed by atoms with Crippen molar-refractivity contribution in [3.05, 3.63) is 70.1 Å².